The van der Waals surface area contributed by atoms with E-state index in [1.54, 1.807) is 6.07 Å². The van der Waals surface area contributed by atoms with Crippen LogP contribution in [0.3, 0.4) is 0 Å². The number of aromatic carboxylic acids is 1. The molecule has 0 aliphatic heterocycles. The van der Waals surface area contributed by atoms with Crippen LogP contribution >= 0.6 is 11.8 Å². The summed E-state index contributed by atoms with van der Waals surface area (Å²) < 4.78 is 5.21. The Morgan fingerprint density at radius 2 is 2.12 bits per heavy atom. The largest absolute Gasteiger partial charge is 0.542 e. The first kappa shape index (κ1) is 18.3. The molecule has 0 atom stereocenters. The molecule has 0 spiro atoms. The maximum absolute atomic E-state index is 10.7. The van der Waals surface area contributed by atoms with Gasteiger partial charge in [-0.05, 0) is 24.5 Å². The molecule has 0 radical (unpaired) electrons. The number of furan rings is 1. The van der Waals surface area contributed by atoms with Crippen molar-refractivity contribution in [2.45, 2.75) is 44.0 Å². The minimum absolute atomic E-state index is 0.161. The zero-order valence-corrected chi connectivity index (χ0v) is 15.2. The van der Waals surface area contributed by atoms with Gasteiger partial charge in [0.25, 0.3) is 0 Å². The van der Waals surface area contributed by atoms with Gasteiger partial charge in [-0.3, -0.25) is 0 Å². The lowest BCUT2D eigenvalue weighted by molar-refractivity contribution is -0.257. The Balaban J connectivity index is 2.16. The van der Waals surface area contributed by atoms with Crippen molar-refractivity contribution in [3.8, 4) is 0 Å². The summed E-state index contributed by atoms with van der Waals surface area (Å²) in [6.07, 6.45) is 1.04. The molecule has 0 unspecified atom stereocenters. The first-order valence-electron chi connectivity index (χ1n) is 7.93. The Hall–Kier alpha value is -2.02. The molecular formula is C17H22N3O3S-. The van der Waals surface area contributed by atoms with Crippen LogP contribution in [0.5, 0.6) is 0 Å². The monoisotopic (exact) mass is 348 g/mol. The number of rotatable bonds is 8. The van der Waals surface area contributed by atoms with Crippen LogP contribution in [0.1, 0.15) is 55.1 Å². The number of hydrogen-bond donors (Lipinski definition) is 0. The molecule has 0 aliphatic carbocycles. The van der Waals surface area contributed by atoms with E-state index >= 15 is 0 Å². The first-order chi connectivity index (χ1) is 11.4. The molecule has 0 N–H and O–H groups in total. The molecule has 2 heterocycles. The molecular weight excluding hydrogens is 326 g/mol. The highest BCUT2D eigenvalue weighted by atomic mass is 32.2. The molecule has 0 aromatic carbocycles. The van der Waals surface area contributed by atoms with Gasteiger partial charge in [0, 0.05) is 25.4 Å². The van der Waals surface area contributed by atoms with E-state index in [4.69, 9.17) is 4.42 Å². The average Bonchev–Trinajstić information content (AvgIpc) is 3.02. The van der Waals surface area contributed by atoms with Crippen LogP contribution in [-0.4, -0.2) is 29.5 Å². The maximum Gasteiger partial charge on any atom is 0.190 e. The lowest BCUT2D eigenvalue weighted by Gasteiger charge is -2.19. The number of carbonyl (C=O) groups is 1. The molecule has 24 heavy (non-hydrogen) atoms. The van der Waals surface area contributed by atoms with Gasteiger partial charge >= 0.3 is 0 Å². The summed E-state index contributed by atoms with van der Waals surface area (Å²) in [7, 11) is 2.02. The van der Waals surface area contributed by atoms with Crippen molar-refractivity contribution in [3.63, 3.8) is 0 Å². The molecule has 6 nitrogen and oxygen atoms in total. The number of hydrogen-bond acceptors (Lipinski definition) is 7. The number of thioether (sulfide) groups is 1. The topological polar surface area (TPSA) is 82.3 Å². The molecule has 0 fully saturated rings. The summed E-state index contributed by atoms with van der Waals surface area (Å²) >= 11 is 1.42. The van der Waals surface area contributed by atoms with Crippen LogP contribution in [0, 0.1) is 0 Å². The molecule has 130 valence electrons. The molecule has 0 saturated heterocycles. The van der Waals surface area contributed by atoms with Crippen molar-refractivity contribution in [3.05, 3.63) is 35.4 Å². The predicted molar refractivity (Wildman–Crippen MR) is 92.3 cm³/mol. The second-order valence-corrected chi connectivity index (χ2v) is 6.79. The first-order valence-corrected chi connectivity index (χ1v) is 8.92. The summed E-state index contributed by atoms with van der Waals surface area (Å²) in [5.41, 5.74) is 0.986. The normalized spacial score (nSPS) is 11.0. The summed E-state index contributed by atoms with van der Waals surface area (Å²) in [6.45, 7) is 7.24. The minimum Gasteiger partial charge on any atom is -0.542 e. The highest BCUT2D eigenvalue weighted by Gasteiger charge is 2.12. The fraction of sp³-hybridized carbons (Fsp3) is 0.471. The van der Waals surface area contributed by atoms with Gasteiger partial charge in [-0.15, -0.1) is 0 Å². The van der Waals surface area contributed by atoms with Crippen LogP contribution in [0.15, 0.2) is 27.8 Å². The molecule has 2 aromatic rings. The summed E-state index contributed by atoms with van der Waals surface area (Å²) in [4.78, 5) is 22.0. The van der Waals surface area contributed by atoms with Crippen molar-refractivity contribution < 1.29 is 14.3 Å². The van der Waals surface area contributed by atoms with E-state index in [1.807, 2.05) is 13.1 Å². The Labute approximate surface area is 146 Å². The Morgan fingerprint density at radius 3 is 2.71 bits per heavy atom. The Bertz CT molecular complexity index is 700. The number of nitrogens with zero attached hydrogens (tertiary/aromatic N) is 3. The molecule has 0 bridgehead atoms. The van der Waals surface area contributed by atoms with Crippen molar-refractivity contribution >= 4 is 23.5 Å². The number of carbonyl (C=O) groups excluding carboxylic acids is 1. The zero-order valence-electron chi connectivity index (χ0n) is 14.4. The second kappa shape index (κ2) is 8.19. The van der Waals surface area contributed by atoms with Gasteiger partial charge in [-0.1, -0.05) is 32.5 Å². The van der Waals surface area contributed by atoms with Gasteiger partial charge in [0.2, 0.25) is 0 Å². The van der Waals surface area contributed by atoms with E-state index in [2.05, 4.69) is 35.6 Å². The van der Waals surface area contributed by atoms with Gasteiger partial charge in [0.05, 0.1) is 5.75 Å². The predicted octanol–water partition coefficient (Wildman–Crippen LogP) is 2.70. The van der Waals surface area contributed by atoms with Crippen LogP contribution in [0.25, 0.3) is 0 Å². The molecule has 0 saturated carbocycles. The van der Waals surface area contributed by atoms with Crippen LogP contribution in [0.2, 0.25) is 0 Å². The van der Waals surface area contributed by atoms with Gasteiger partial charge < -0.3 is 19.2 Å². The van der Waals surface area contributed by atoms with Crippen molar-refractivity contribution in [1.82, 2.24) is 9.97 Å². The molecule has 2 aromatic heterocycles. The molecule has 0 aliphatic rings. The third kappa shape index (κ3) is 4.74. The van der Waals surface area contributed by atoms with Crippen LogP contribution < -0.4 is 10.0 Å². The lowest BCUT2D eigenvalue weighted by Crippen LogP contribution is -2.21. The smallest absolute Gasteiger partial charge is 0.190 e. The molecule has 0 amide bonds. The van der Waals surface area contributed by atoms with Crippen LogP contribution in [0.4, 0.5) is 5.82 Å². The van der Waals surface area contributed by atoms with Gasteiger partial charge in [-0.2, -0.15) is 0 Å². The van der Waals surface area contributed by atoms with Crippen molar-refractivity contribution in [2.24, 2.45) is 0 Å². The third-order valence-corrected chi connectivity index (χ3v) is 4.33. The number of anilines is 1. The standard InChI is InChI=1S/C17H23N3O3S/c1-5-8-20(4)15-9-13(11(2)3)18-17(19-15)24-10-12-6-7-14(23-12)16(21)22/h6-7,9,11H,5,8,10H2,1-4H3,(H,21,22)/p-1. The number of carboxylic acid groups (broad SMARTS) is 1. The summed E-state index contributed by atoms with van der Waals surface area (Å²) in [6, 6.07) is 5.05. The average molecular weight is 348 g/mol. The summed E-state index contributed by atoms with van der Waals surface area (Å²) in [5, 5.41) is 11.4. The van der Waals surface area contributed by atoms with Gasteiger partial charge in [0.1, 0.15) is 23.3 Å². The fourth-order valence-corrected chi connectivity index (χ4v) is 2.89. The van der Waals surface area contributed by atoms with Crippen molar-refractivity contribution in [1.29, 1.82) is 0 Å². The van der Waals surface area contributed by atoms with Gasteiger partial charge in [-0.25, -0.2) is 9.97 Å². The SMILES string of the molecule is CCCN(C)c1cc(C(C)C)nc(SCc2ccc(C(=O)[O-])o2)n1. The van der Waals surface area contributed by atoms with Crippen molar-refractivity contribution in [2.75, 3.05) is 18.5 Å². The highest BCUT2D eigenvalue weighted by Crippen LogP contribution is 2.26. The van der Waals surface area contributed by atoms with E-state index < -0.39 is 5.97 Å². The number of aromatic nitrogens is 2. The lowest BCUT2D eigenvalue weighted by atomic mass is 10.1. The van der Waals surface area contributed by atoms with E-state index in [-0.39, 0.29) is 5.76 Å². The van der Waals surface area contributed by atoms with E-state index in [0.29, 0.717) is 22.6 Å². The maximum atomic E-state index is 10.7. The fourth-order valence-electron chi connectivity index (χ4n) is 2.14. The summed E-state index contributed by atoms with van der Waals surface area (Å²) in [5.74, 6) is 0.744. The van der Waals surface area contributed by atoms with E-state index in [1.165, 1.54) is 17.8 Å². The second-order valence-electron chi connectivity index (χ2n) is 5.85. The van der Waals surface area contributed by atoms with Crippen LogP contribution in [-0.2, 0) is 5.75 Å². The molecule has 7 heteroatoms. The minimum atomic E-state index is -1.31. The molecule has 2 rings (SSSR count). The third-order valence-electron chi connectivity index (χ3n) is 3.46. The van der Waals surface area contributed by atoms with Gasteiger partial charge in [0.15, 0.2) is 5.16 Å². The van der Waals surface area contributed by atoms with E-state index in [0.717, 1.165) is 24.5 Å². The number of carboxylic acids is 1. The Kier molecular flexibility index (Phi) is 6.25. The van der Waals surface area contributed by atoms with E-state index in [9.17, 15) is 9.90 Å². The highest BCUT2D eigenvalue weighted by molar-refractivity contribution is 7.98. The zero-order chi connectivity index (χ0) is 17.7. The Morgan fingerprint density at radius 1 is 1.38 bits per heavy atom. The quantitative estimate of drug-likeness (QED) is 0.536.